The van der Waals surface area contributed by atoms with E-state index in [9.17, 15) is 32.2 Å². The molecule has 1 aliphatic rings. The van der Waals surface area contributed by atoms with Crippen LogP contribution in [0.1, 0.15) is 6.42 Å². The van der Waals surface area contributed by atoms with Crippen molar-refractivity contribution < 1.29 is 47.5 Å². The van der Waals surface area contributed by atoms with Crippen molar-refractivity contribution in [2.45, 2.75) is 24.3 Å². The number of hydrogen-bond donors (Lipinski definition) is 8. The van der Waals surface area contributed by atoms with E-state index < -0.39 is 64.2 Å². The Bertz CT molecular complexity index is 778. The van der Waals surface area contributed by atoms with Crippen molar-refractivity contribution in [3.63, 3.8) is 0 Å². The molecule has 0 saturated heterocycles. The quantitative estimate of drug-likeness (QED) is 0.182. The topological polar surface area (TPSA) is 228 Å². The van der Waals surface area contributed by atoms with E-state index in [1.165, 1.54) is 0 Å². The largest absolute Gasteiger partial charge is 0.392 e. The Morgan fingerprint density at radius 1 is 1.32 bits per heavy atom. The molecular weight excluding hydrogens is 404 g/mol. The number of thioether (sulfide) groups is 1. The average molecular weight is 422 g/mol. The molecule has 9 N–H and O–H groups in total. The highest BCUT2D eigenvalue weighted by atomic mass is 32.3. The van der Waals surface area contributed by atoms with Crippen LogP contribution in [0.15, 0.2) is 20.6 Å². The summed E-state index contributed by atoms with van der Waals surface area (Å²) in [6, 6.07) is -1.37. The summed E-state index contributed by atoms with van der Waals surface area (Å²) in [5, 5.41) is 61.6. The van der Waals surface area contributed by atoms with Crippen LogP contribution in [0.25, 0.3) is 0 Å². The number of rotatable bonds is 7. The van der Waals surface area contributed by atoms with E-state index >= 15 is 0 Å². The lowest BCUT2D eigenvalue weighted by atomic mass is 10.1. The third-order valence-electron chi connectivity index (χ3n) is 3.18. The van der Waals surface area contributed by atoms with Crippen LogP contribution in [-0.2, 0) is 19.9 Å². The minimum atomic E-state index is -4.31. The number of aliphatic hydroxyl groups excluding tert-OH is 1. The summed E-state index contributed by atoms with van der Waals surface area (Å²) >= 11 is 0.138. The third-order valence-corrected chi connectivity index (χ3v) is 8.05. The molecule has 0 amide bonds. The van der Waals surface area contributed by atoms with Gasteiger partial charge in [-0.15, -0.1) is 0 Å². The van der Waals surface area contributed by atoms with Gasteiger partial charge >= 0.3 is 11.9 Å². The summed E-state index contributed by atoms with van der Waals surface area (Å²) in [5.41, 5.74) is -0.405. The first-order valence-electron chi connectivity index (χ1n) is 6.38. The molecule has 1 rings (SSSR count). The zero-order valence-electron chi connectivity index (χ0n) is 12.5. The Hall–Kier alpha value is -0.590. The fourth-order valence-corrected chi connectivity index (χ4v) is 5.66. The van der Waals surface area contributed by atoms with Crippen LogP contribution in [-0.4, -0.2) is 77.8 Å². The molecule has 1 aliphatic heterocycles. The number of nitrogens with one attached hydrogen (secondary N) is 1. The normalized spacial score (nSPS) is 22.1. The van der Waals surface area contributed by atoms with Gasteiger partial charge in [-0.3, -0.25) is 5.32 Å². The molecular formula is C10H18N2O10S3. The Kier molecular flexibility index (Phi) is 6.47. The number of nitrogens with two attached hydrogens (primary N) is 1. The van der Waals surface area contributed by atoms with Crippen LogP contribution >= 0.6 is 11.8 Å². The van der Waals surface area contributed by atoms with Gasteiger partial charge in [-0.25, -0.2) is 22.0 Å². The third kappa shape index (κ3) is 5.20. The summed E-state index contributed by atoms with van der Waals surface area (Å²) in [6.07, 6.45) is -0.358. The first-order chi connectivity index (χ1) is 11.0. The number of hydrogen-bond acceptors (Lipinski definition) is 12. The molecule has 1 atom stereocenters. The van der Waals surface area contributed by atoms with Gasteiger partial charge in [-0.05, 0) is 12.0 Å². The van der Waals surface area contributed by atoms with Crippen molar-refractivity contribution in [1.29, 1.82) is 0 Å². The van der Waals surface area contributed by atoms with Crippen molar-refractivity contribution in [2.24, 2.45) is 5.14 Å². The Morgan fingerprint density at radius 2 is 1.84 bits per heavy atom. The minimum absolute atomic E-state index is 0.138. The van der Waals surface area contributed by atoms with Gasteiger partial charge in [0, 0.05) is 6.04 Å². The SMILES string of the molecule is C=C(SC1=C(CO)C(NC(O)(O)C(O)(O)O)CCS1(=O)=O)S(N)(=O)=O. The zero-order valence-corrected chi connectivity index (χ0v) is 15.0. The van der Waals surface area contributed by atoms with Crippen LogP contribution < -0.4 is 10.5 Å². The molecule has 25 heavy (non-hydrogen) atoms. The van der Waals surface area contributed by atoms with Crippen LogP contribution in [0.4, 0.5) is 0 Å². The summed E-state index contributed by atoms with van der Waals surface area (Å²) in [5.74, 6) is -8.31. The van der Waals surface area contributed by atoms with Gasteiger partial charge in [0.2, 0.25) is 10.0 Å². The van der Waals surface area contributed by atoms with Crippen LogP contribution in [0.2, 0.25) is 0 Å². The Balaban J connectivity index is 3.36. The lowest BCUT2D eigenvalue weighted by molar-refractivity contribution is -0.456. The van der Waals surface area contributed by atoms with E-state index in [1.54, 1.807) is 5.32 Å². The summed E-state index contributed by atoms with van der Waals surface area (Å²) in [7, 11) is -8.36. The molecule has 0 aromatic heterocycles. The van der Waals surface area contributed by atoms with Crippen molar-refractivity contribution in [2.75, 3.05) is 12.4 Å². The van der Waals surface area contributed by atoms with Gasteiger partial charge in [0.05, 0.1) is 12.4 Å². The van der Waals surface area contributed by atoms with E-state index in [1.807, 2.05) is 0 Å². The van der Waals surface area contributed by atoms with Crippen LogP contribution in [0.3, 0.4) is 0 Å². The van der Waals surface area contributed by atoms with E-state index in [4.69, 9.17) is 20.5 Å². The standard InChI is InChI=1S/C10H18N2O10S3/c1-5(25(11,21)22)23-8-6(4-13)7(2-3-24(8,19)20)12-9(14,15)10(16,17)18/h7,12-18H,1-4H2,(H2,11,21,22). The minimum Gasteiger partial charge on any atom is -0.392 e. The number of sulfone groups is 1. The first-order valence-corrected chi connectivity index (χ1v) is 10.4. The van der Waals surface area contributed by atoms with Crippen molar-refractivity contribution in [1.82, 2.24) is 5.32 Å². The molecule has 0 aromatic rings. The molecule has 0 bridgehead atoms. The highest BCUT2D eigenvalue weighted by Crippen LogP contribution is 2.38. The number of primary sulfonamides is 1. The summed E-state index contributed by atoms with van der Waals surface area (Å²) in [4.78, 5) is 0. The maximum Gasteiger partial charge on any atom is 0.348 e. The molecule has 15 heteroatoms. The van der Waals surface area contributed by atoms with Crippen LogP contribution in [0, 0.1) is 0 Å². The van der Waals surface area contributed by atoms with Gasteiger partial charge in [-0.2, -0.15) is 0 Å². The van der Waals surface area contributed by atoms with Gasteiger partial charge in [0.1, 0.15) is 8.47 Å². The maximum atomic E-state index is 12.2. The first kappa shape index (κ1) is 22.5. The predicted octanol–water partition coefficient (Wildman–Crippen LogP) is -4.27. The van der Waals surface area contributed by atoms with Gasteiger partial charge in [0.25, 0.3) is 0 Å². The lowest BCUT2D eigenvalue weighted by Crippen LogP contribution is -2.66. The highest BCUT2D eigenvalue weighted by molar-refractivity contribution is 8.27. The second-order valence-electron chi connectivity index (χ2n) is 5.10. The predicted molar refractivity (Wildman–Crippen MR) is 85.8 cm³/mol. The summed E-state index contributed by atoms with van der Waals surface area (Å²) in [6.45, 7) is 2.15. The molecule has 0 saturated carbocycles. The molecule has 146 valence electrons. The molecule has 0 aliphatic carbocycles. The van der Waals surface area contributed by atoms with E-state index in [2.05, 4.69) is 6.58 Å². The van der Waals surface area contributed by atoms with Crippen molar-refractivity contribution in [3.05, 3.63) is 20.6 Å². The molecule has 0 radical (unpaired) electrons. The molecule has 1 heterocycles. The monoisotopic (exact) mass is 422 g/mol. The second-order valence-corrected chi connectivity index (χ2v) is 10.4. The second kappa shape index (κ2) is 7.20. The molecule has 0 spiro atoms. The maximum absolute atomic E-state index is 12.2. The molecule has 12 nitrogen and oxygen atoms in total. The number of sulfonamides is 1. The smallest absolute Gasteiger partial charge is 0.348 e. The molecule has 0 aromatic carbocycles. The summed E-state index contributed by atoms with van der Waals surface area (Å²) < 4.78 is 45.4. The molecule has 0 fully saturated rings. The average Bonchev–Trinajstić information content (AvgIpc) is 2.40. The zero-order chi connectivity index (χ0) is 19.8. The van der Waals surface area contributed by atoms with Gasteiger partial charge in [-0.1, -0.05) is 18.3 Å². The fraction of sp³-hybridized carbons (Fsp3) is 0.600. The van der Waals surface area contributed by atoms with E-state index in [0.29, 0.717) is 0 Å². The molecule has 1 unspecified atom stereocenters. The number of aliphatic hydroxyl groups is 6. The Morgan fingerprint density at radius 3 is 2.24 bits per heavy atom. The van der Waals surface area contributed by atoms with Crippen LogP contribution in [0.5, 0.6) is 0 Å². The fourth-order valence-electron chi connectivity index (χ4n) is 1.85. The Labute approximate surface area is 147 Å². The van der Waals surface area contributed by atoms with E-state index in [0.717, 1.165) is 0 Å². The lowest BCUT2D eigenvalue weighted by Gasteiger charge is -2.36. The van der Waals surface area contributed by atoms with Gasteiger partial charge in [0.15, 0.2) is 9.84 Å². The van der Waals surface area contributed by atoms with Crippen molar-refractivity contribution in [3.8, 4) is 0 Å². The van der Waals surface area contributed by atoms with Crippen molar-refractivity contribution >= 4 is 31.6 Å². The highest BCUT2D eigenvalue weighted by Gasteiger charge is 2.49. The van der Waals surface area contributed by atoms with E-state index in [-0.39, 0.29) is 18.2 Å². The van der Waals surface area contributed by atoms with Gasteiger partial charge < -0.3 is 30.6 Å².